The maximum Gasteiger partial charge on any atom is 0.321 e. The number of rotatable bonds is 5. The Morgan fingerprint density at radius 2 is 1.34 bits per heavy atom. The van der Waals surface area contributed by atoms with Crippen molar-refractivity contribution < 1.29 is 14.4 Å². The Morgan fingerprint density at radius 1 is 0.684 bits per heavy atom. The molecular weight excluding hydrogens is 478 g/mol. The van der Waals surface area contributed by atoms with E-state index in [0.29, 0.717) is 43.0 Å². The van der Waals surface area contributed by atoms with Gasteiger partial charge in [-0.25, -0.2) is 4.79 Å². The summed E-state index contributed by atoms with van der Waals surface area (Å²) in [4.78, 5) is 44.9. The monoisotopic (exact) mass is 511 g/mol. The lowest BCUT2D eigenvalue weighted by Gasteiger charge is -2.37. The fraction of sp³-hybridized carbons (Fsp3) is 0.300. The number of amides is 4. The minimum atomic E-state index is -0.217. The topological polar surface area (TPSA) is 85.0 Å². The minimum absolute atomic E-state index is 0.0205. The lowest BCUT2D eigenvalue weighted by Crippen LogP contribution is -2.50. The average Bonchev–Trinajstić information content (AvgIpc) is 3.50. The van der Waals surface area contributed by atoms with Gasteiger partial charge >= 0.3 is 6.03 Å². The van der Waals surface area contributed by atoms with Crippen LogP contribution in [0.15, 0.2) is 72.8 Å². The highest BCUT2D eigenvalue weighted by molar-refractivity contribution is 6.06. The van der Waals surface area contributed by atoms with Crippen LogP contribution in [0.3, 0.4) is 0 Å². The van der Waals surface area contributed by atoms with Crippen molar-refractivity contribution >= 4 is 34.9 Å². The van der Waals surface area contributed by atoms with E-state index >= 15 is 0 Å². The zero-order chi connectivity index (χ0) is 26.5. The molecule has 8 heteroatoms. The third-order valence-electron chi connectivity index (χ3n) is 7.12. The van der Waals surface area contributed by atoms with Crippen LogP contribution in [0, 0.1) is 6.92 Å². The number of hydrogen-bond acceptors (Lipinski definition) is 4. The lowest BCUT2D eigenvalue weighted by molar-refractivity contribution is 0.0792. The zero-order valence-electron chi connectivity index (χ0n) is 21.7. The summed E-state index contributed by atoms with van der Waals surface area (Å²) in [7, 11) is 0. The van der Waals surface area contributed by atoms with Gasteiger partial charge in [-0.1, -0.05) is 35.9 Å². The van der Waals surface area contributed by atoms with Crippen molar-refractivity contribution in [3.8, 4) is 0 Å². The van der Waals surface area contributed by atoms with Crippen molar-refractivity contribution in [3.63, 3.8) is 0 Å². The van der Waals surface area contributed by atoms with Gasteiger partial charge in [-0.2, -0.15) is 0 Å². The highest BCUT2D eigenvalue weighted by Crippen LogP contribution is 2.28. The van der Waals surface area contributed by atoms with E-state index in [1.165, 1.54) is 0 Å². The smallest absolute Gasteiger partial charge is 0.321 e. The van der Waals surface area contributed by atoms with E-state index in [0.717, 1.165) is 42.9 Å². The van der Waals surface area contributed by atoms with Gasteiger partial charge in [0.2, 0.25) is 0 Å². The summed E-state index contributed by atoms with van der Waals surface area (Å²) in [6.07, 6.45) is 2.00. The number of hydrogen-bond donors (Lipinski definition) is 2. The predicted molar refractivity (Wildman–Crippen MR) is 150 cm³/mol. The number of aryl methyl sites for hydroxylation is 1. The lowest BCUT2D eigenvalue weighted by atomic mass is 10.1. The molecule has 5 rings (SSSR count). The van der Waals surface area contributed by atoms with Gasteiger partial charge in [-0.15, -0.1) is 0 Å². The number of nitrogens with one attached hydrogen (secondary N) is 2. The van der Waals surface area contributed by atoms with Crippen molar-refractivity contribution in [2.75, 3.05) is 54.8 Å². The molecule has 2 N–H and O–H groups in total. The molecule has 0 bridgehead atoms. The molecule has 0 aliphatic carbocycles. The predicted octanol–water partition coefficient (Wildman–Crippen LogP) is 4.84. The molecule has 3 aromatic carbocycles. The summed E-state index contributed by atoms with van der Waals surface area (Å²) in [5.74, 6) is -0.237. The number of urea groups is 1. The fourth-order valence-electron chi connectivity index (χ4n) is 4.93. The Morgan fingerprint density at radius 3 is 2.03 bits per heavy atom. The van der Waals surface area contributed by atoms with Crippen LogP contribution in [-0.2, 0) is 0 Å². The normalized spacial score (nSPS) is 15.3. The Kier molecular flexibility index (Phi) is 7.58. The highest BCUT2D eigenvalue weighted by Gasteiger charge is 2.27. The molecule has 3 aromatic rings. The molecule has 2 fully saturated rings. The van der Waals surface area contributed by atoms with Crippen LogP contribution in [0.2, 0.25) is 0 Å². The maximum atomic E-state index is 13.5. The Hall–Kier alpha value is -4.33. The first kappa shape index (κ1) is 25.3. The molecule has 0 saturated carbocycles. The van der Waals surface area contributed by atoms with Crippen LogP contribution in [0.25, 0.3) is 0 Å². The molecule has 8 nitrogen and oxygen atoms in total. The minimum Gasteiger partial charge on any atom is -0.367 e. The van der Waals surface area contributed by atoms with Crippen molar-refractivity contribution in [1.82, 2.24) is 9.80 Å². The van der Waals surface area contributed by atoms with Crippen LogP contribution in [0.4, 0.5) is 21.9 Å². The molecule has 2 aliphatic rings. The number of piperazine rings is 1. The first-order valence-corrected chi connectivity index (χ1v) is 13.2. The molecule has 38 heavy (non-hydrogen) atoms. The van der Waals surface area contributed by atoms with Crippen LogP contribution >= 0.6 is 0 Å². The molecule has 2 saturated heterocycles. The van der Waals surface area contributed by atoms with Crippen LogP contribution < -0.4 is 15.5 Å². The van der Waals surface area contributed by atoms with Crippen LogP contribution in [0.5, 0.6) is 0 Å². The van der Waals surface area contributed by atoms with Crippen LogP contribution in [0.1, 0.15) is 39.1 Å². The van der Waals surface area contributed by atoms with Gasteiger partial charge in [0.15, 0.2) is 0 Å². The Balaban J connectivity index is 1.30. The van der Waals surface area contributed by atoms with E-state index in [9.17, 15) is 14.4 Å². The SMILES string of the molecule is Cc1ccc(NC(=O)N2CCN(c3ccc(NC(=O)c4ccccc4)cc3C(=O)N3CCCC3)CC2)cc1. The first-order valence-electron chi connectivity index (χ1n) is 13.2. The second kappa shape index (κ2) is 11.4. The van der Waals surface area contributed by atoms with Gasteiger partial charge in [0, 0.05) is 61.9 Å². The van der Waals surface area contributed by atoms with Gasteiger partial charge in [-0.3, -0.25) is 9.59 Å². The number of nitrogens with zero attached hydrogens (tertiary/aromatic N) is 3. The Bertz CT molecular complexity index is 1300. The molecule has 0 radical (unpaired) electrons. The van der Waals surface area contributed by atoms with E-state index in [4.69, 9.17) is 0 Å². The molecule has 0 atom stereocenters. The van der Waals surface area contributed by atoms with Crippen molar-refractivity contribution in [2.45, 2.75) is 19.8 Å². The number of benzene rings is 3. The van der Waals surface area contributed by atoms with E-state index in [-0.39, 0.29) is 17.8 Å². The summed E-state index contributed by atoms with van der Waals surface area (Å²) in [6.45, 7) is 5.80. The van der Waals surface area contributed by atoms with Crippen molar-refractivity contribution in [1.29, 1.82) is 0 Å². The van der Waals surface area contributed by atoms with Gasteiger partial charge < -0.3 is 25.3 Å². The van der Waals surface area contributed by atoms with E-state index in [1.54, 1.807) is 23.1 Å². The van der Waals surface area contributed by atoms with Gasteiger partial charge in [0.05, 0.1) is 5.56 Å². The standard InChI is InChI=1S/C30H33N5O3/c1-22-9-11-24(12-10-22)32-30(38)35-19-17-33(18-20-35)27-14-13-25(31-28(36)23-7-3-2-4-8-23)21-26(27)29(37)34-15-5-6-16-34/h2-4,7-14,21H,5-6,15-20H2,1H3,(H,31,36)(H,32,38). The molecule has 0 spiro atoms. The van der Waals surface area contributed by atoms with E-state index < -0.39 is 0 Å². The molecule has 196 valence electrons. The highest BCUT2D eigenvalue weighted by atomic mass is 16.2. The summed E-state index contributed by atoms with van der Waals surface area (Å²) in [5, 5.41) is 5.90. The van der Waals surface area contributed by atoms with Gasteiger partial charge in [-0.05, 0) is 62.2 Å². The summed E-state index contributed by atoms with van der Waals surface area (Å²) in [6, 6.07) is 22.2. The fourth-order valence-corrected chi connectivity index (χ4v) is 4.93. The average molecular weight is 512 g/mol. The van der Waals surface area contributed by atoms with Gasteiger partial charge in [0.25, 0.3) is 11.8 Å². The third kappa shape index (κ3) is 5.80. The quantitative estimate of drug-likeness (QED) is 0.514. The van der Waals surface area contributed by atoms with Gasteiger partial charge in [0.1, 0.15) is 0 Å². The largest absolute Gasteiger partial charge is 0.367 e. The number of carbonyl (C=O) groups excluding carboxylic acids is 3. The third-order valence-corrected chi connectivity index (χ3v) is 7.12. The second-order valence-corrected chi connectivity index (χ2v) is 9.82. The molecule has 0 unspecified atom stereocenters. The zero-order valence-corrected chi connectivity index (χ0v) is 21.7. The summed E-state index contributed by atoms with van der Waals surface area (Å²) < 4.78 is 0. The summed E-state index contributed by atoms with van der Waals surface area (Å²) >= 11 is 0. The number of likely N-dealkylation sites (tertiary alicyclic amines) is 1. The molecule has 2 aliphatic heterocycles. The van der Waals surface area contributed by atoms with E-state index in [1.807, 2.05) is 66.4 Å². The van der Waals surface area contributed by atoms with Crippen molar-refractivity contribution in [3.05, 3.63) is 89.5 Å². The molecule has 0 aromatic heterocycles. The van der Waals surface area contributed by atoms with E-state index in [2.05, 4.69) is 15.5 Å². The Labute approximate surface area is 223 Å². The first-order chi connectivity index (χ1) is 18.5. The van der Waals surface area contributed by atoms with Crippen LogP contribution in [-0.4, -0.2) is 66.9 Å². The summed E-state index contributed by atoms with van der Waals surface area (Å²) in [5.41, 5.74) is 4.47. The maximum absolute atomic E-state index is 13.5. The molecule has 4 amide bonds. The van der Waals surface area contributed by atoms with Crippen molar-refractivity contribution in [2.24, 2.45) is 0 Å². The molecular formula is C30H33N5O3. The second-order valence-electron chi connectivity index (χ2n) is 9.82. The molecule has 2 heterocycles. The number of carbonyl (C=O) groups is 3. The number of anilines is 3.